The Labute approximate surface area is 237 Å². The van der Waals surface area contributed by atoms with Gasteiger partial charge in [-0.25, -0.2) is 4.98 Å². The fourth-order valence-corrected chi connectivity index (χ4v) is 4.25. The Bertz CT molecular complexity index is 1370. The van der Waals surface area contributed by atoms with Gasteiger partial charge in [-0.1, -0.05) is 23.2 Å². The van der Waals surface area contributed by atoms with E-state index in [-0.39, 0.29) is 51.7 Å². The molecule has 1 aliphatic heterocycles. The number of alkyl halides is 3. The smallest absolute Gasteiger partial charge is 0.472 e. The third-order valence-electron chi connectivity index (χ3n) is 5.80. The molecule has 0 saturated carbocycles. The number of anilines is 4. The number of ether oxygens (including phenoxy) is 2. The number of rotatable bonds is 8. The van der Waals surface area contributed by atoms with Crippen molar-refractivity contribution in [3.8, 4) is 5.75 Å². The number of pyridine rings is 1. The van der Waals surface area contributed by atoms with E-state index in [2.05, 4.69) is 15.2 Å². The van der Waals surface area contributed by atoms with Crippen molar-refractivity contribution in [1.82, 2.24) is 4.98 Å². The van der Waals surface area contributed by atoms with Crippen LogP contribution in [0.2, 0.25) is 10.0 Å². The lowest BCUT2D eigenvalue weighted by Crippen LogP contribution is -2.39. The molecule has 1 aliphatic rings. The second-order valence-corrected chi connectivity index (χ2v) is 9.38. The number of amides is 2. The van der Waals surface area contributed by atoms with Crippen LogP contribution in [0.15, 0.2) is 54.7 Å². The predicted molar refractivity (Wildman–Crippen MR) is 146 cm³/mol. The summed E-state index contributed by atoms with van der Waals surface area (Å²) in [5.74, 6) is -3.10. The maximum atomic E-state index is 13.7. The number of hydrogen-bond acceptors (Lipinski definition) is 7. The first-order valence-electron chi connectivity index (χ1n) is 12.0. The molecule has 2 heterocycles. The number of morpholine rings is 1. The third-order valence-corrected chi connectivity index (χ3v) is 6.25. The van der Waals surface area contributed by atoms with E-state index >= 15 is 0 Å². The fraction of sp³-hybridized carbons (Fsp3) is 0.269. The van der Waals surface area contributed by atoms with E-state index in [4.69, 9.17) is 38.4 Å². The molecular formula is C26H24Cl2F3N5O4. The molecule has 14 heteroatoms. The van der Waals surface area contributed by atoms with Crippen molar-refractivity contribution in [3.05, 3.63) is 70.3 Å². The summed E-state index contributed by atoms with van der Waals surface area (Å²) in [7, 11) is 0. The molecule has 1 aromatic heterocycles. The maximum Gasteiger partial charge on any atom is 0.472 e. The van der Waals surface area contributed by atoms with E-state index in [1.807, 2.05) is 0 Å². The zero-order valence-corrected chi connectivity index (χ0v) is 22.4. The lowest BCUT2D eigenvalue weighted by Gasteiger charge is -2.29. The van der Waals surface area contributed by atoms with Gasteiger partial charge in [0.2, 0.25) is 0 Å². The number of benzene rings is 2. The molecule has 212 valence electrons. The SMILES string of the molecule is NCCOc1cc(N2CCOCC2)ccc1C(=O)Nc1cc(Cl)ccc1N(C(=O)C(F)(F)F)c1ccc(Cl)cn1. The van der Waals surface area contributed by atoms with Gasteiger partial charge in [0.15, 0.2) is 0 Å². The molecule has 0 radical (unpaired) electrons. The number of hydrogen-bond donors (Lipinski definition) is 2. The summed E-state index contributed by atoms with van der Waals surface area (Å²) in [6, 6.07) is 11.1. The van der Waals surface area contributed by atoms with Gasteiger partial charge in [-0.2, -0.15) is 13.2 Å². The molecular weight excluding hydrogens is 574 g/mol. The van der Waals surface area contributed by atoms with E-state index in [0.29, 0.717) is 31.2 Å². The minimum absolute atomic E-state index is 0.0923. The van der Waals surface area contributed by atoms with Gasteiger partial charge >= 0.3 is 12.1 Å². The number of carbonyl (C=O) groups excluding carboxylic acids is 2. The molecule has 2 aromatic carbocycles. The van der Waals surface area contributed by atoms with Gasteiger partial charge < -0.3 is 25.4 Å². The molecule has 2 amide bonds. The average molecular weight is 598 g/mol. The van der Waals surface area contributed by atoms with Crippen LogP contribution in [0.4, 0.5) is 36.1 Å². The van der Waals surface area contributed by atoms with Crippen LogP contribution in [0.3, 0.4) is 0 Å². The molecule has 3 N–H and O–H groups in total. The molecule has 0 aliphatic carbocycles. The van der Waals surface area contributed by atoms with Crippen LogP contribution in [-0.2, 0) is 9.53 Å². The van der Waals surface area contributed by atoms with Crippen LogP contribution in [0.25, 0.3) is 0 Å². The number of aromatic nitrogens is 1. The van der Waals surface area contributed by atoms with Crippen LogP contribution in [0.1, 0.15) is 10.4 Å². The van der Waals surface area contributed by atoms with Gasteiger partial charge in [0, 0.05) is 42.6 Å². The Morgan fingerprint density at radius 2 is 1.80 bits per heavy atom. The van der Waals surface area contributed by atoms with Gasteiger partial charge in [-0.05, 0) is 42.5 Å². The first-order valence-corrected chi connectivity index (χ1v) is 12.8. The van der Waals surface area contributed by atoms with E-state index in [9.17, 15) is 22.8 Å². The van der Waals surface area contributed by atoms with Crippen LogP contribution in [0.5, 0.6) is 5.75 Å². The Morgan fingerprint density at radius 1 is 1.07 bits per heavy atom. The van der Waals surface area contributed by atoms with E-state index < -0.39 is 18.0 Å². The van der Waals surface area contributed by atoms with Crippen molar-refractivity contribution in [1.29, 1.82) is 0 Å². The summed E-state index contributed by atoms with van der Waals surface area (Å²) in [6.07, 6.45) is -4.17. The first-order chi connectivity index (χ1) is 19.1. The largest absolute Gasteiger partial charge is 0.491 e. The minimum atomic E-state index is -5.26. The van der Waals surface area contributed by atoms with Gasteiger partial charge in [0.25, 0.3) is 5.91 Å². The molecule has 0 spiro atoms. The highest BCUT2D eigenvalue weighted by atomic mass is 35.5. The van der Waals surface area contributed by atoms with E-state index in [1.165, 1.54) is 30.3 Å². The lowest BCUT2D eigenvalue weighted by atomic mass is 10.1. The summed E-state index contributed by atoms with van der Waals surface area (Å²) in [5, 5.41) is 2.82. The fourth-order valence-electron chi connectivity index (χ4n) is 3.96. The normalized spacial score (nSPS) is 13.6. The molecule has 9 nitrogen and oxygen atoms in total. The molecule has 4 rings (SSSR count). The Hall–Kier alpha value is -3.58. The average Bonchev–Trinajstić information content (AvgIpc) is 2.93. The van der Waals surface area contributed by atoms with Crippen molar-refractivity contribution in [3.63, 3.8) is 0 Å². The van der Waals surface area contributed by atoms with Gasteiger partial charge in [-0.15, -0.1) is 0 Å². The molecule has 3 aromatic rings. The zero-order chi connectivity index (χ0) is 28.9. The Morgan fingerprint density at radius 3 is 2.45 bits per heavy atom. The lowest BCUT2D eigenvalue weighted by molar-refractivity contribution is -0.169. The van der Waals surface area contributed by atoms with Crippen molar-refractivity contribution in [2.45, 2.75) is 6.18 Å². The highest BCUT2D eigenvalue weighted by molar-refractivity contribution is 6.31. The number of nitrogens with two attached hydrogens (primary N) is 1. The summed E-state index contributed by atoms with van der Waals surface area (Å²) in [6.45, 7) is 2.70. The molecule has 0 atom stereocenters. The van der Waals surface area contributed by atoms with Gasteiger partial charge in [-0.3, -0.25) is 14.5 Å². The van der Waals surface area contributed by atoms with Crippen molar-refractivity contribution in [2.75, 3.05) is 54.6 Å². The van der Waals surface area contributed by atoms with Crippen molar-refractivity contribution in [2.24, 2.45) is 5.73 Å². The van der Waals surface area contributed by atoms with Crippen molar-refractivity contribution < 1.29 is 32.2 Å². The molecule has 1 saturated heterocycles. The quantitative estimate of drug-likeness (QED) is 0.374. The van der Waals surface area contributed by atoms with Crippen LogP contribution in [-0.4, -0.2) is 62.4 Å². The number of nitrogens with zero attached hydrogens (tertiary/aromatic N) is 3. The van der Waals surface area contributed by atoms with Gasteiger partial charge in [0.1, 0.15) is 18.2 Å². The molecule has 0 bridgehead atoms. The van der Waals surface area contributed by atoms with E-state index in [0.717, 1.165) is 18.0 Å². The Kier molecular flexibility index (Phi) is 9.36. The number of halogens is 5. The third kappa shape index (κ3) is 6.94. The molecule has 1 fully saturated rings. The molecule has 0 unspecified atom stereocenters. The van der Waals surface area contributed by atoms with E-state index in [1.54, 1.807) is 12.1 Å². The Balaban J connectivity index is 1.73. The summed E-state index contributed by atoms with van der Waals surface area (Å²) in [4.78, 5) is 32.3. The van der Waals surface area contributed by atoms with Crippen LogP contribution in [0, 0.1) is 0 Å². The predicted octanol–water partition coefficient (Wildman–Crippen LogP) is 5.04. The zero-order valence-electron chi connectivity index (χ0n) is 20.9. The second-order valence-electron chi connectivity index (χ2n) is 8.51. The summed E-state index contributed by atoms with van der Waals surface area (Å²) < 4.78 is 52.1. The highest BCUT2D eigenvalue weighted by Gasteiger charge is 2.45. The number of nitrogens with one attached hydrogen (secondary N) is 1. The van der Waals surface area contributed by atoms with Crippen molar-refractivity contribution >= 4 is 57.9 Å². The second kappa shape index (κ2) is 12.7. The summed E-state index contributed by atoms with van der Waals surface area (Å²) in [5.41, 5.74) is 6.00. The monoisotopic (exact) mass is 597 g/mol. The maximum absolute atomic E-state index is 13.7. The number of carbonyl (C=O) groups is 2. The van der Waals surface area contributed by atoms with Gasteiger partial charge in [0.05, 0.1) is 35.2 Å². The standard InChI is InChI=1S/C26H24Cl2F3N5O4/c27-16-1-5-21(36(25(38)26(29,30)31)23-6-2-17(28)15-33-23)20(13-16)34-24(37)19-4-3-18(14-22(19)40-10-7-32)35-8-11-39-12-9-35/h1-6,13-15H,7-12,32H2,(H,34,37). The molecule has 40 heavy (non-hydrogen) atoms. The first kappa shape index (κ1) is 29.4. The summed E-state index contributed by atoms with van der Waals surface area (Å²) >= 11 is 12.0. The highest BCUT2D eigenvalue weighted by Crippen LogP contribution is 2.37. The topological polar surface area (TPSA) is 110 Å². The van der Waals surface area contributed by atoms with Crippen LogP contribution < -0.4 is 25.6 Å². The minimum Gasteiger partial charge on any atom is -0.491 e. The van der Waals surface area contributed by atoms with Crippen LogP contribution >= 0.6 is 23.2 Å².